The van der Waals surface area contributed by atoms with Gasteiger partial charge in [-0.25, -0.2) is 0 Å². The molecule has 0 atom stereocenters. The Morgan fingerprint density at radius 1 is 1.43 bits per heavy atom. The lowest BCUT2D eigenvalue weighted by molar-refractivity contribution is 0.102. The molecule has 0 saturated carbocycles. The van der Waals surface area contributed by atoms with E-state index in [1.807, 2.05) is 24.5 Å². The van der Waals surface area contributed by atoms with Crippen LogP contribution in [0.4, 0.5) is 0 Å². The molecule has 3 heteroatoms. The molecule has 1 aliphatic heterocycles. The molecule has 74 valence electrons. The van der Waals surface area contributed by atoms with E-state index < -0.39 is 0 Å². The maximum atomic E-state index is 11.6. The second kappa shape index (κ2) is 4.15. The van der Waals surface area contributed by atoms with E-state index >= 15 is 0 Å². The Labute approximate surface area is 87.6 Å². The lowest BCUT2D eigenvalue weighted by Gasteiger charge is -2.01. The predicted molar refractivity (Wildman–Crippen MR) is 57.6 cm³/mol. The molecule has 14 heavy (non-hydrogen) atoms. The number of hydrogen-bond donors (Lipinski definition) is 0. The second-order valence-electron chi connectivity index (χ2n) is 3.33. The van der Waals surface area contributed by atoms with Gasteiger partial charge in [0.1, 0.15) is 0 Å². The fraction of sp³-hybridized carbons (Fsp3) is 0.364. The van der Waals surface area contributed by atoms with Crippen LogP contribution in [0.5, 0.6) is 0 Å². The van der Waals surface area contributed by atoms with Gasteiger partial charge in [-0.15, -0.1) is 0 Å². The minimum atomic E-state index is 0.201. The zero-order valence-corrected chi connectivity index (χ0v) is 8.89. The van der Waals surface area contributed by atoms with Gasteiger partial charge in [-0.05, 0) is 23.4 Å². The number of carbonyl (C=O) groups is 1. The highest BCUT2D eigenvalue weighted by atomic mass is 32.2. The van der Waals surface area contributed by atoms with Gasteiger partial charge in [-0.1, -0.05) is 12.1 Å². The van der Waals surface area contributed by atoms with Gasteiger partial charge in [0, 0.05) is 5.56 Å². The van der Waals surface area contributed by atoms with Crippen LogP contribution in [-0.4, -0.2) is 17.8 Å². The smallest absolute Gasteiger partial charge is 0.172 e. The number of benzene rings is 1. The summed E-state index contributed by atoms with van der Waals surface area (Å²) in [6.07, 6.45) is 1.94. The van der Waals surface area contributed by atoms with Crippen molar-refractivity contribution in [2.45, 2.75) is 13.2 Å². The molecule has 1 aliphatic rings. The van der Waals surface area contributed by atoms with E-state index in [1.165, 1.54) is 5.56 Å². The third-order valence-corrected chi connectivity index (χ3v) is 2.87. The van der Waals surface area contributed by atoms with Crippen molar-refractivity contribution in [2.24, 2.45) is 0 Å². The van der Waals surface area contributed by atoms with Gasteiger partial charge in [0.15, 0.2) is 5.78 Å². The summed E-state index contributed by atoms with van der Waals surface area (Å²) in [6, 6.07) is 5.85. The Morgan fingerprint density at radius 2 is 2.21 bits per heavy atom. The number of ketones is 1. The van der Waals surface area contributed by atoms with Crippen LogP contribution in [0.15, 0.2) is 18.2 Å². The number of fused-ring (bicyclic) bond motifs is 1. The van der Waals surface area contributed by atoms with Gasteiger partial charge in [0.2, 0.25) is 0 Å². The molecule has 0 spiro atoms. The first-order valence-corrected chi connectivity index (χ1v) is 5.92. The van der Waals surface area contributed by atoms with Crippen LogP contribution in [0.2, 0.25) is 0 Å². The summed E-state index contributed by atoms with van der Waals surface area (Å²) in [7, 11) is 0. The molecule has 0 bridgehead atoms. The average molecular weight is 208 g/mol. The molecule has 0 aromatic heterocycles. The van der Waals surface area contributed by atoms with Crippen LogP contribution in [0.1, 0.15) is 21.5 Å². The molecule has 0 radical (unpaired) electrons. The molecule has 0 N–H and O–H groups in total. The highest BCUT2D eigenvalue weighted by Crippen LogP contribution is 2.21. The topological polar surface area (TPSA) is 26.3 Å². The molecular weight excluding hydrogens is 196 g/mol. The molecule has 0 amide bonds. The first kappa shape index (κ1) is 9.74. The zero-order valence-electron chi connectivity index (χ0n) is 8.08. The van der Waals surface area contributed by atoms with E-state index in [-0.39, 0.29) is 5.78 Å². The van der Waals surface area contributed by atoms with Crippen molar-refractivity contribution >= 4 is 17.5 Å². The molecular formula is C11H12O2S. The van der Waals surface area contributed by atoms with Crippen LogP contribution in [0.3, 0.4) is 0 Å². The van der Waals surface area contributed by atoms with Crippen LogP contribution in [-0.2, 0) is 18.0 Å². The molecule has 2 rings (SSSR count). The minimum Gasteiger partial charge on any atom is -0.372 e. The molecule has 1 aromatic rings. The monoisotopic (exact) mass is 208 g/mol. The van der Waals surface area contributed by atoms with Gasteiger partial charge >= 0.3 is 0 Å². The van der Waals surface area contributed by atoms with Gasteiger partial charge in [-0.3, -0.25) is 4.79 Å². The normalized spacial score (nSPS) is 14.1. The largest absolute Gasteiger partial charge is 0.372 e. The number of rotatable bonds is 3. The summed E-state index contributed by atoms with van der Waals surface area (Å²) in [4.78, 5) is 11.6. The van der Waals surface area contributed by atoms with Crippen LogP contribution in [0, 0.1) is 0 Å². The standard InChI is InChI=1S/C11H12O2S/c1-14-7-11(12)8-2-3-9-5-13-6-10(9)4-8/h2-4H,5-7H2,1H3. The number of carbonyl (C=O) groups excluding carboxylic acids is 1. The number of thioether (sulfide) groups is 1. The molecule has 0 aliphatic carbocycles. The van der Waals surface area contributed by atoms with Crippen molar-refractivity contribution in [3.8, 4) is 0 Å². The lowest BCUT2D eigenvalue weighted by atomic mass is 10.0. The molecule has 0 saturated heterocycles. The SMILES string of the molecule is CSCC(=O)c1ccc2c(c1)COC2. The van der Waals surface area contributed by atoms with Gasteiger partial charge in [0.05, 0.1) is 19.0 Å². The van der Waals surface area contributed by atoms with Crippen LogP contribution < -0.4 is 0 Å². The quantitative estimate of drug-likeness (QED) is 0.713. The fourth-order valence-electron chi connectivity index (χ4n) is 1.56. The van der Waals surface area contributed by atoms with Gasteiger partial charge in [-0.2, -0.15) is 11.8 Å². The summed E-state index contributed by atoms with van der Waals surface area (Å²) < 4.78 is 5.29. The van der Waals surface area contributed by atoms with Crippen molar-refractivity contribution in [3.05, 3.63) is 34.9 Å². The van der Waals surface area contributed by atoms with E-state index in [0.29, 0.717) is 19.0 Å². The lowest BCUT2D eigenvalue weighted by Crippen LogP contribution is -2.02. The molecule has 1 aromatic carbocycles. The highest BCUT2D eigenvalue weighted by Gasteiger charge is 2.13. The van der Waals surface area contributed by atoms with E-state index in [9.17, 15) is 4.79 Å². The Hall–Kier alpha value is -0.800. The molecule has 0 unspecified atom stereocenters. The molecule has 1 heterocycles. The summed E-state index contributed by atoms with van der Waals surface area (Å²) in [5.74, 6) is 0.756. The van der Waals surface area contributed by atoms with Crippen molar-refractivity contribution in [2.75, 3.05) is 12.0 Å². The summed E-state index contributed by atoms with van der Waals surface area (Å²) >= 11 is 1.56. The predicted octanol–water partition coefficient (Wildman–Crippen LogP) is 2.26. The van der Waals surface area contributed by atoms with Crippen molar-refractivity contribution in [3.63, 3.8) is 0 Å². The summed E-state index contributed by atoms with van der Waals surface area (Å²) in [5.41, 5.74) is 3.19. The van der Waals surface area contributed by atoms with Crippen molar-refractivity contribution in [1.82, 2.24) is 0 Å². The Kier molecular flexibility index (Phi) is 2.89. The van der Waals surface area contributed by atoms with E-state index in [0.717, 1.165) is 11.1 Å². The molecule has 2 nitrogen and oxygen atoms in total. The fourth-order valence-corrected chi connectivity index (χ4v) is 1.99. The van der Waals surface area contributed by atoms with E-state index in [1.54, 1.807) is 11.8 Å². The Morgan fingerprint density at radius 3 is 3.00 bits per heavy atom. The highest BCUT2D eigenvalue weighted by molar-refractivity contribution is 7.99. The van der Waals surface area contributed by atoms with Gasteiger partial charge < -0.3 is 4.74 Å². The Balaban J connectivity index is 2.24. The number of ether oxygens (including phenoxy) is 1. The van der Waals surface area contributed by atoms with Crippen molar-refractivity contribution < 1.29 is 9.53 Å². The molecule has 0 fully saturated rings. The second-order valence-corrected chi connectivity index (χ2v) is 4.20. The van der Waals surface area contributed by atoms with Crippen LogP contribution >= 0.6 is 11.8 Å². The van der Waals surface area contributed by atoms with E-state index in [2.05, 4.69) is 0 Å². The zero-order chi connectivity index (χ0) is 9.97. The van der Waals surface area contributed by atoms with E-state index in [4.69, 9.17) is 4.74 Å². The first-order chi connectivity index (χ1) is 6.81. The average Bonchev–Trinajstić information content (AvgIpc) is 2.64. The summed E-state index contributed by atoms with van der Waals surface area (Å²) in [6.45, 7) is 1.34. The Bertz CT molecular complexity index is 360. The maximum Gasteiger partial charge on any atom is 0.172 e. The number of hydrogen-bond acceptors (Lipinski definition) is 3. The van der Waals surface area contributed by atoms with Gasteiger partial charge in [0.25, 0.3) is 0 Å². The summed E-state index contributed by atoms with van der Waals surface area (Å²) in [5, 5.41) is 0. The number of Topliss-reactive ketones (excluding diaryl/α,β-unsaturated/α-hetero) is 1. The first-order valence-electron chi connectivity index (χ1n) is 4.53. The minimum absolute atomic E-state index is 0.201. The van der Waals surface area contributed by atoms with Crippen molar-refractivity contribution in [1.29, 1.82) is 0 Å². The third kappa shape index (κ3) is 1.83. The van der Waals surface area contributed by atoms with Crippen LogP contribution in [0.25, 0.3) is 0 Å². The maximum absolute atomic E-state index is 11.6. The third-order valence-electron chi connectivity index (χ3n) is 2.32.